The van der Waals surface area contributed by atoms with Crippen molar-refractivity contribution in [1.82, 2.24) is 14.9 Å². The van der Waals surface area contributed by atoms with Crippen molar-refractivity contribution in [3.8, 4) is 5.69 Å². The van der Waals surface area contributed by atoms with Gasteiger partial charge in [-0.05, 0) is 47.9 Å². The van der Waals surface area contributed by atoms with Crippen LogP contribution in [-0.2, 0) is 5.75 Å². The molecule has 0 unspecified atom stereocenters. The van der Waals surface area contributed by atoms with Gasteiger partial charge >= 0.3 is 0 Å². The van der Waals surface area contributed by atoms with Gasteiger partial charge in [0.05, 0.1) is 16.6 Å². The fourth-order valence-corrected chi connectivity index (χ4v) is 4.34. The number of thioether (sulfide) groups is 1. The fraction of sp³-hybridized carbons (Fsp3) is 0.192. The van der Waals surface area contributed by atoms with Crippen LogP contribution in [0, 0.1) is 11.7 Å². The van der Waals surface area contributed by atoms with E-state index in [-0.39, 0.29) is 11.5 Å². The number of carbonyl (C=O) groups is 1. The monoisotopic (exact) mass is 461 g/mol. The molecule has 0 saturated carbocycles. The van der Waals surface area contributed by atoms with Gasteiger partial charge in [0, 0.05) is 17.9 Å². The molecule has 7 heteroatoms. The summed E-state index contributed by atoms with van der Waals surface area (Å²) in [5.74, 6) is 0.269. The lowest BCUT2D eigenvalue weighted by Crippen LogP contribution is -2.27. The van der Waals surface area contributed by atoms with Gasteiger partial charge in [0.15, 0.2) is 5.16 Å². The first kappa shape index (κ1) is 22.7. The summed E-state index contributed by atoms with van der Waals surface area (Å²) in [6, 6.07) is 20.6. The molecule has 0 saturated heterocycles. The summed E-state index contributed by atoms with van der Waals surface area (Å²) >= 11 is 1.39. The van der Waals surface area contributed by atoms with Crippen LogP contribution in [0.1, 0.15) is 29.8 Å². The van der Waals surface area contributed by atoms with E-state index in [0.717, 1.165) is 5.56 Å². The number of halogens is 1. The molecular weight excluding hydrogens is 437 g/mol. The molecule has 4 rings (SSSR count). The number of amides is 1. The lowest BCUT2D eigenvalue weighted by atomic mass is 10.1. The standard InChI is InChI=1S/C26H24FN3O2S/c1-17(2)15-28-24(31)19-11-12-22-23(13-19)29-26(33-16-18-7-4-3-5-8-18)30(25(22)32)21-10-6-9-20(27)14-21/h3-14,17H,15-16H2,1-2H3,(H,28,31). The molecule has 5 nitrogen and oxygen atoms in total. The molecule has 3 aromatic carbocycles. The Bertz CT molecular complexity index is 1350. The predicted molar refractivity (Wildman–Crippen MR) is 130 cm³/mol. The Morgan fingerprint density at radius 2 is 1.85 bits per heavy atom. The van der Waals surface area contributed by atoms with E-state index in [4.69, 9.17) is 4.98 Å². The van der Waals surface area contributed by atoms with E-state index >= 15 is 0 Å². The van der Waals surface area contributed by atoms with Gasteiger partial charge in [0.1, 0.15) is 5.82 Å². The Morgan fingerprint density at radius 1 is 1.06 bits per heavy atom. The third-order valence-corrected chi connectivity index (χ3v) is 6.06. The maximum Gasteiger partial charge on any atom is 0.266 e. The lowest BCUT2D eigenvalue weighted by molar-refractivity contribution is 0.0949. The number of nitrogens with one attached hydrogen (secondary N) is 1. The van der Waals surface area contributed by atoms with Crippen LogP contribution in [0.4, 0.5) is 4.39 Å². The molecular formula is C26H24FN3O2S. The number of aromatic nitrogens is 2. The zero-order valence-electron chi connectivity index (χ0n) is 18.4. The first-order valence-electron chi connectivity index (χ1n) is 10.7. The van der Waals surface area contributed by atoms with Crippen molar-refractivity contribution in [1.29, 1.82) is 0 Å². The topological polar surface area (TPSA) is 64.0 Å². The van der Waals surface area contributed by atoms with Gasteiger partial charge in [0.2, 0.25) is 0 Å². The van der Waals surface area contributed by atoms with Crippen LogP contribution in [-0.4, -0.2) is 22.0 Å². The summed E-state index contributed by atoms with van der Waals surface area (Å²) in [7, 11) is 0. The van der Waals surface area contributed by atoms with Gasteiger partial charge < -0.3 is 5.32 Å². The maximum absolute atomic E-state index is 14.0. The normalized spacial score (nSPS) is 11.2. The zero-order chi connectivity index (χ0) is 23.4. The number of nitrogens with zero attached hydrogens (tertiary/aromatic N) is 2. The van der Waals surface area contributed by atoms with E-state index in [0.29, 0.717) is 45.5 Å². The Morgan fingerprint density at radius 3 is 2.58 bits per heavy atom. The van der Waals surface area contributed by atoms with Crippen LogP contribution >= 0.6 is 11.8 Å². The third kappa shape index (κ3) is 5.31. The van der Waals surface area contributed by atoms with E-state index in [9.17, 15) is 14.0 Å². The summed E-state index contributed by atoms with van der Waals surface area (Å²) < 4.78 is 15.4. The Hall–Kier alpha value is -3.45. The second-order valence-corrected chi connectivity index (χ2v) is 9.07. The highest BCUT2D eigenvalue weighted by molar-refractivity contribution is 7.98. The van der Waals surface area contributed by atoms with Gasteiger partial charge in [-0.25, -0.2) is 9.37 Å². The predicted octanol–water partition coefficient (Wildman–Crippen LogP) is 5.20. The van der Waals surface area contributed by atoms with E-state index in [2.05, 4.69) is 5.32 Å². The molecule has 0 aliphatic carbocycles. The molecule has 33 heavy (non-hydrogen) atoms. The molecule has 0 aliphatic rings. The number of hydrogen-bond donors (Lipinski definition) is 1. The average Bonchev–Trinajstić information content (AvgIpc) is 2.81. The van der Waals surface area contributed by atoms with Crippen LogP contribution in [0.15, 0.2) is 82.7 Å². The number of fused-ring (bicyclic) bond motifs is 1. The molecule has 4 aromatic rings. The van der Waals surface area contributed by atoms with Crippen LogP contribution in [0.3, 0.4) is 0 Å². The van der Waals surface area contributed by atoms with E-state index < -0.39 is 5.82 Å². The van der Waals surface area contributed by atoms with Gasteiger partial charge in [-0.15, -0.1) is 0 Å². The minimum atomic E-state index is -0.435. The van der Waals surface area contributed by atoms with Crippen LogP contribution < -0.4 is 10.9 Å². The summed E-state index contributed by atoms with van der Waals surface area (Å²) in [5.41, 5.74) is 2.04. The number of carbonyl (C=O) groups excluding carboxylic acids is 1. The van der Waals surface area contributed by atoms with Crippen molar-refractivity contribution in [2.24, 2.45) is 5.92 Å². The minimum absolute atomic E-state index is 0.208. The smallest absolute Gasteiger partial charge is 0.266 e. The van der Waals surface area contributed by atoms with Crippen LogP contribution in [0.25, 0.3) is 16.6 Å². The fourth-order valence-electron chi connectivity index (χ4n) is 3.37. The first-order valence-corrected chi connectivity index (χ1v) is 11.7. The lowest BCUT2D eigenvalue weighted by Gasteiger charge is -2.14. The molecule has 0 atom stereocenters. The molecule has 1 amide bonds. The Balaban J connectivity index is 1.80. The summed E-state index contributed by atoms with van der Waals surface area (Å²) in [5, 5.41) is 3.68. The third-order valence-electron chi connectivity index (χ3n) is 5.05. The highest BCUT2D eigenvalue weighted by Crippen LogP contribution is 2.25. The quantitative estimate of drug-likeness (QED) is 0.303. The molecule has 1 aromatic heterocycles. The van der Waals surface area contributed by atoms with Crippen molar-refractivity contribution in [2.75, 3.05) is 6.54 Å². The van der Waals surface area contributed by atoms with E-state index in [1.807, 2.05) is 44.2 Å². The highest BCUT2D eigenvalue weighted by Gasteiger charge is 2.16. The second kappa shape index (κ2) is 10.0. The van der Waals surface area contributed by atoms with Crippen molar-refractivity contribution in [2.45, 2.75) is 24.8 Å². The summed E-state index contributed by atoms with van der Waals surface area (Å²) in [6.07, 6.45) is 0. The van der Waals surface area contributed by atoms with Crippen LogP contribution in [0.2, 0.25) is 0 Å². The Labute approximate surface area is 195 Å². The molecule has 0 bridgehead atoms. The summed E-state index contributed by atoms with van der Waals surface area (Å²) in [6.45, 7) is 4.60. The molecule has 0 aliphatic heterocycles. The van der Waals surface area contributed by atoms with Gasteiger partial charge in [-0.1, -0.05) is 62.0 Å². The van der Waals surface area contributed by atoms with Crippen LogP contribution in [0.5, 0.6) is 0 Å². The molecule has 168 valence electrons. The molecule has 0 radical (unpaired) electrons. The average molecular weight is 462 g/mol. The Kier molecular flexibility index (Phi) is 6.89. The summed E-state index contributed by atoms with van der Waals surface area (Å²) in [4.78, 5) is 30.7. The SMILES string of the molecule is CC(C)CNC(=O)c1ccc2c(=O)n(-c3cccc(F)c3)c(SCc3ccccc3)nc2c1. The zero-order valence-corrected chi connectivity index (χ0v) is 19.2. The van der Waals surface area contributed by atoms with Gasteiger partial charge in [0.25, 0.3) is 11.5 Å². The largest absolute Gasteiger partial charge is 0.352 e. The second-order valence-electron chi connectivity index (χ2n) is 8.12. The van der Waals surface area contributed by atoms with Gasteiger partial charge in [-0.2, -0.15) is 0 Å². The number of rotatable bonds is 7. The molecule has 1 heterocycles. The molecule has 1 N–H and O–H groups in total. The molecule has 0 spiro atoms. The van der Waals surface area contributed by atoms with Gasteiger partial charge in [-0.3, -0.25) is 14.2 Å². The number of benzene rings is 3. The minimum Gasteiger partial charge on any atom is -0.352 e. The van der Waals surface area contributed by atoms with Crippen molar-refractivity contribution >= 4 is 28.6 Å². The van der Waals surface area contributed by atoms with E-state index in [1.54, 1.807) is 30.3 Å². The highest BCUT2D eigenvalue weighted by atomic mass is 32.2. The molecule has 0 fully saturated rings. The van der Waals surface area contributed by atoms with Crippen molar-refractivity contribution in [3.63, 3.8) is 0 Å². The number of hydrogen-bond acceptors (Lipinski definition) is 4. The maximum atomic E-state index is 14.0. The van der Waals surface area contributed by atoms with E-state index in [1.165, 1.54) is 28.5 Å². The first-order chi connectivity index (χ1) is 15.9. The van der Waals surface area contributed by atoms with Crippen molar-refractivity contribution < 1.29 is 9.18 Å². The van der Waals surface area contributed by atoms with Crippen molar-refractivity contribution in [3.05, 3.63) is 100 Å².